The van der Waals surface area contributed by atoms with Gasteiger partial charge in [0, 0.05) is 38.7 Å². The van der Waals surface area contributed by atoms with Crippen molar-refractivity contribution in [1.29, 1.82) is 0 Å². The molecule has 1 aromatic heterocycles. The molecule has 2 aliphatic rings. The highest BCUT2D eigenvalue weighted by molar-refractivity contribution is 5.88. The Hall–Kier alpha value is -2.65. The van der Waals surface area contributed by atoms with E-state index >= 15 is 0 Å². The van der Waals surface area contributed by atoms with Crippen molar-refractivity contribution in [3.05, 3.63) is 41.8 Å². The molecule has 1 saturated carbocycles. The molecule has 0 bridgehead atoms. The molecule has 8 nitrogen and oxygen atoms in total. The van der Waals surface area contributed by atoms with Crippen LogP contribution in [0.25, 0.3) is 0 Å². The number of benzene rings is 1. The zero-order chi connectivity index (χ0) is 21.1. The van der Waals surface area contributed by atoms with Crippen molar-refractivity contribution in [2.24, 2.45) is 7.05 Å². The quantitative estimate of drug-likeness (QED) is 0.581. The molecule has 1 aliphatic carbocycles. The summed E-state index contributed by atoms with van der Waals surface area (Å²) < 4.78 is 20.4. The Kier molecular flexibility index (Phi) is 6.19. The van der Waals surface area contributed by atoms with Crippen LogP contribution in [0.15, 0.2) is 30.3 Å². The Morgan fingerprint density at radius 1 is 1.33 bits per heavy atom. The van der Waals surface area contributed by atoms with Gasteiger partial charge in [-0.3, -0.25) is 14.9 Å². The number of nitrogens with zero attached hydrogens (tertiary/aromatic N) is 3. The number of hydrogen-bond donors (Lipinski definition) is 3. The number of anilines is 1. The van der Waals surface area contributed by atoms with Crippen LogP contribution in [-0.2, 0) is 7.05 Å². The molecule has 4 rings (SSSR count). The fourth-order valence-corrected chi connectivity index (χ4v) is 3.56. The van der Waals surface area contributed by atoms with Crippen molar-refractivity contribution in [1.82, 2.24) is 20.0 Å². The van der Waals surface area contributed by atoms with Gasteiger partial charge in [-0.15, -0.1) is 0 Å². The molecule has 0 spiro atoms. The van der Waals surface area contributed by atoms with Crippen molar-refractivity contribution in [2.75, 3.05) is 31.6 Å². The minimum absolute atomic E-state index is 0.0739. The monoisotopic (exact) mass is 417 g/mol. The number of rotatable bonds is 9. The predicted molar refractivity (Wildman–Crippen MR) is 110 cm³/mol. The number of hydrogen-bond acceptors (Lipinski definition) is 5. The van der Waals surface area contributed by atoms with Gasteiger partial charge in [-0.25, -0.2) is 9.18 Å². The van der Waals surface area contributed by atoms with Gasteiger partial charge in [-0.05, 0) is 43.5 Å². The van der Waals surface area contributed by atoms with E-state index in [9.17, 15) is 14.3 Å². The normalized spacial score (nSPS) is 18.0. The molecule has 9 heteroatoms. The van der Waals surface area contributed by atoms with Gasteiger partial charge in [0.2, 0.25) is 0 Å². The fourth-order valence-electron chi connectivity index (χ4n) is 3.56. The molecular weight excluding hydrogens is 389 g/mol. The average Bonchev–Trinajstić information content (AvgIpc) is 3.48. The smallest absolute Gasteiger partial charge is 0.320 e. The number of urea groups is 1. The summed E-state index contributed by atoms with van der Waals surface area (Å²) in [4.78, 5) is 14.5. The van der Waals surface area contributed by atoms with Crippen LogP contribution in [0.5, 0.6) is 5.75 Å². The van der Waals surface area contributed by atoms with Gasteiger partial charge in [-0.1, -0.05) is 0 Å². The lowest BCUT2D eigenvalue weighted by atomic mass is 10.1. The predicted octanol–water partition coefficient (Wildman–Crippen LogP) is 2.07. The summed E-state index contributed by atoms with van der Waals surface area (Å²) in [5.74, 6) is 1.55. The summed E-state index contributed by atoms with van der Waals surface area (Å²) in [5, 5.41) is 19.7. The maximum absolute atomic E-state index is 12.9. The first-order valence-corrected chi connectivity index (χ1v) is 10.4. The second-order valence-corrected chi connectivity index (χ2v) is 8.07. The average molecular weight is 417 g/mol. The third kappa shape index (κ3) is 5.28. The standard InChI is InChI=1S/C21H28FN5O3/c1-26-20(10-19(25-26)14-2-3-14)24-21(29)23-16(13-28)8-9-27-11-18(12-27)30-17-6-4-15(22)5-7-17/h4-7,10,14,16,18,28H,2-3,8-9,11-13H2,1H3,(H2,23,24,29)/t16-/m0/s1. The number of amides is 2. The Balaban J connectivity index is 1.16. The van der Waals surface area contributed by atoms with E-state index in [4.69, 9.17) is 4.74 Å². The van der Waals surface area contributed by atoms with Crippen LogP contribution in [0.4, 0.5) is 15.0 Å². The first kappa shape index (κ1) is 20.6. The number of aryl methyl sites for hydroxylation is 1. The van der Waals surface area contributed by atoms with Crippen molar-refractivity contribution in [3.8, 4) is 5.75 Å². The Labute approximate surface area is 175 Å². The topological polar surface area (TPSA) is 91.7 Å². The van der Waals surface area contributed by atoms with Crippen LogP contribution in [0.1, 0.15) is 30.9 Å². The summed E-state index contributed by atoms with van der Waals surface area (Å²) in [6, 6.07) is 7.24. The zero-order valence-electron chi connectivity index (χ0n) is 17.1. The van der Waals surface area contributed by atoms with E-state index in [1.54, 1.807) is 23.9 Å². The maximum Gasteiger partial charge on any atom is 0.320 e. The summed E-state index contributed by atoms with van der Waals surface area (Å²) in [5.41, 5.74) is 1.02. The number of likely N-dealkylation sites (tertiary alicyclic amines) is 1. The largest absolute Gasteiger partial charge is 0.488 e. The molecule has 30 heavy (non-hydrogen) atoms. The van der Waals surface area contributed by atoms with Gasteiger partial charge in [0.15, 0.2) is 0 Å². The highest BCUT2D eigenvalue weighted by Gasteiger charge is 2.29. The second-order valence-electron chi connectivity index (χ2n) is 8.07. The number of carbonyl (C=O) groups is 1. The lowest BCUT2D eigenvalue weighted by Gasteiger charge is -2.39. The van der Waals surface area contributed by atoms with Gasteiger partial charge in [0.05, 0.1) is 18.3 Å². The highest BCUT2D eigenvalue weighted by Crippen LogP contribution is 2.39. The van der Waals surface area contributed by atoms with Crippen molar-refractivity contribution in [2.45, 2.75) is 37.3 Å². The lowest BCUT2D eigenvalue weighted by Crippen LogP contribution is -2.55. The molecule has 162 valence electrons. The third-order valence-electron chi connectivity index (χ3n) is 5.53. The molecule has 2 amide bonds. The number of aliphatic hydroxyl groups is 1. The summed E-state index contributed by atoms with van der Waals surface area (Å²) >= 11 is 0. The summed E-state index contributed by atoms with van der Waals surface area (Å²) in [6.07, 6.45) is 3.01. The first-order valence-electron chi connectivity index (χ1n) is 10.4. The molecule has 1 aliphatic heterocycles. The molecule has 0 unspecified atom stereocenters. The number of ether oxygens (including phenoxy) is 1. The van der Waals surface area contributed by atoms with Crippen LogP contribution < -0.4 is 15.4 Å². The minimum atomic E-state index is -0.347. The van der Waals surface area contributed by atoms with E-state index in [1.165, 1.54) is 12.1 Å². The van der Waals surface area contributed by atoms with Crippen molar-refractivity contribution < 1.29 is 19.0 Å². The number of halogens is 1. The SMILES string of the molecule is Cn1nc(C2CC2)cc1NC(=O)N[C@H](CO)CCN1CC(Oc2ccc(F)cc2)C1. The molecule has 2 heterocycles. The van der Waals surface area contributed by atoms with Gasteiger partial charge in [-0.2, -0.15) is 5.10 Å². The van der Waals surface area contributed by atoms with E-state index in [1.807, 2.05) is 6.07 Å². The zero-order valence-corrected chi connectivity index (χ0v) is 17.1. The van der Waals surface area contributed by atoms with Crippen LogP contribution in [0.3, 0.4) is 0 Å². The van der Waals surface area contributed by atoms with Gasteiger partial charge < -0.3 is 15.2 Å². The van der Waals surface area contributed by atoms with Crippen molar-refractivity contribution >= 4 is 11.8 Å². The lowest BCUT2D eigenvalue weighted by molar-refractivity contribution is 0.0168. The molecule has 2 fully saturated rings. The number of carbonyl (C=O) groups excluding carboxylic acids is 1. The molecular formula is C21H28FN5O3. The van der Waals surface area contributed by atoms with E-state index in [2.05, 4.69) is 20.6 Å². The summed E-state index contributed by atoms with van der Waals surface area (Å²) in [6.45, 7) is 2.14. The van der Waals surface area contributed by atoms with Crippen LogP contribution in [0.2, 0.25) is 0 Å². The van der Waals surface area contributed by atoms with E-state index < -0.39 is 0 Å². The van der Waals surface area contributed by atoms with Crippen LogP contribution >= 0.6 is 0 Å². The van der Waals surface area contributed by atoms with Crippen molar-refractivity contribution in [3.63, 3.8) is 0 Å². The molecule has 1 atom stereocenters. The summed E-state index contributed by atoms with van der Waals surface area (Å²) in [7, 11) is 1.80. The number of aliphatic hydroxyl groups excluding tert-OH is 1. The van der Waals surface area contributed by atoms with E-state index in [0.29, 0.717) is 23.9 Å². The Bertz CT molecular complexity index is 862. The van der Waals surface area contributed by atoms with Gasteiger partial charge >= 0.3 is 6.03 Å². The molecule has 1 aromatic carbocycles. The first-order chi connectivity index (χ1) is 14.5. The van der Waals surface area contributed by atoms with Crippen LogP contribution in [-0.4, -0.2) is 64.2 Å². The molecule has 0 radical (unpaired) electrons. The van der Waals surface area contributed by atoms with Gasteiger partial charge in [0.1, 0.15) is 23.5 Å². The Morgan fingerprint density at radius 3 is 2.73 bits per heavy atom. The third-order valence-corrected chi connectivity index (χ3v) is 5.53. The minimum Gasteiger partial charge on any atom is -0.488 e. The molecule has 1 saturated heterocycles. The molecule has 3 N–H and O–H groups in total. The second kappa shape index (κ2) is 9.01. The highest BCUT2D eigenvalue weighted by atomic mass is 19.1. The van der Waals surface area contributed by atoms with Crippen LogP contribution in [0, 0.1) is 5.82 Å². The van der Waals surface area contributed by atoms with Gasteiger partial charge in [0.25, 0.3) is 0 Å². The maximum atomic E-state index is 12.9. The van der Waals surface area contributed by atoms with E-state index in [0.717, 1.165) is 38.2 Å². The fraction of sp³-hybridized carbons (Fsp3) is 0.524. The van der Waals surface area contributed by atoms with E-state index in [-0.39, 0.29) is 30.6 Å². The number of nitrogens with one attached hydrogen (secondary N) is 2. The Morgan fingerprint density at radius 2 is 2.07 bits per heavy atom. The number of aromatic nitrogens is 2. The molecule has 2 aromatic rings.